The van der Waals surface area contributed by atoms with E-state index in [9.17, 15) is 0 Å². The van der Waals surface area contributed by atoms with Gasteiger partial charge in [-0.15, -0.1) is 0 Å². The Labute approximate surface area is 122 Å². The van der Waals surface area contributed by atoms with Crippen LogP contribution in [0.15, 0.2) is 29.2 Å². The van der Waals surface area contributed by atoms with E-state index in [0.29, 0.717) is 0 Å². The van der Waals surface area contributed by atoms with Crippen LogP contribution in [0.2, 0.25) is 0 Å². The van der Waals surface area contributed by atoms with E-state index < -0.39 is 0 Å². The van der Waals surface area contributed by atoms with Gasteiger partial charge in [0.15, 0.2) is 0 Å². The summed E-state index contributed by atoms with van der Waals surface area (Å²) in [5.74, 6) is 0. The maximum absolute atomic E-state index is 2.57. The van der Waals surface area contributed by atoms with Crippen molar-refractivity contribution in [1.29, 1.82) is 0 Å². The average Bonchev–Trinajstić information content (AvgIpc) is 2.55. The van der Waals surface area contributed by atoms with Crippen molar-refractivity contribution in [3.8, 4) is 0 Å². The van der Waals surface area contributed by atoms with E-state index in [1.54, 1.807) is 0 Å². The number of para-hydroxylation sites is 1. The summed E-state index contributed by atoms with van der Waals surface area (Å²) < 4.78 is 0.188. The Morgan fingerprint density at radius 1 is 1.24 bits per heavy atom. The van der Waals surface area contributed by atoms with E-state index in [1.165, 1.54) is 42.8 Å². The van der Waals surface area contributed by atoms with Crippen LogP contribution in [0.25, 0.3) is 0 Å². The van der Waals surface area contributed by atoms with Gasteiger partial charge in [-0.2, -0.15) is 0 Å². The number of unbranched alkanes of at least 4 members (excludes halogenated alkanes) is 3. The SMILES string of the molecule is CCCCCCN1c2ccccc2SC1(C)I. The molecule has 1 nitrogen and oxygen atoms in total. The van der Waals surface area contributed by atoms with Crippen LogP contribution in [0.5, 0.6) is 0 Å². The lowest BCUT2D eigenvalue weighted by molar-refractivity contribution is 0.639. The van der Waals surface area contributed by atoms with Gasteiger partial charge in [-0.3, -0.25) is 0 Å². The molecule has 0 N–H and O–H groups in total. The molecule has 1 aliphatic heterocycles. The summed E-state index contributed by atoms with van der Waals surface area (Å²) in [6.45, 7) is 5.77. The third kappa shape index (κ3) is 3.11. The first-order valence-corrected chi connectivity index (χ1v) is 8.29. The number of hydrogen-bond acceptors (Lipinski definition) is 2. The summed E-state index contributed by atoms with van der Waals surface area (Å²) in [6, 6.07) is 8.78. The Morgan fingerprint density at radius 3 is 2.76 bits per heavy atom. The minimum absolute atomic E-state index is 0.188. The highest BCUT2D eigenvalue weighted by molar-refractivity contribution is 14.1. The lowest BCUT2D eigenvalue weighted by Gasteiger charge is -2.31. The van der Waals surface area contributed by atoms with Crippen molar-refractivity contribution in [2.24, 2.45) is 0 Å². The highest BCUT2D eigenvalue weighted by Gasteiger charge is 2.37. The summed E-state index contributed by atoms with van der Waals surface area (Å²) in [7, 11) is 0. The van der Waals surface area contributed by atoms with Crippen molar-refractivity contribution in [1.82, 2.24) is 0 Å². The summed E-state index contributed by atoms with van der Waals surface area (Å²) in [4.78, 5) is 3.99. The van der Waals surface area contributed by atoms with E-state index >= 15 is 0 Å². The minimum atomic E-state index is 0.188. The van der Waals surface area contributed by atoms with Crippen molar-refractivity contribution < 1.29 is 0 Å². The summed E-state index contributed by atoms with van der Waals surface area (Å²) >= 11 is 4.55. The summed E-state index contributed by atoms with van der Waals surface area (Å²) in [6.07, 6.45) is 5.33. The molecule has 1 unspecified atom stereocenters. The molecule has 0 spiro atoms. The molecule has 0 aliphatic carbocycles. The molecule has 1 heterocycles. The van der Waals surface area contributed by atoms with Gasteiger partial charge < -0.3 is 4.90 Å². The fraction of sp³-hybridized carbons (Fsp3) is 0.571. The summed E-state index contributed by atoms with van der Waals surface area (Å²) in [5, 5.41) is 0. The van der Waals surface area contributed by atoms with Gasteiger partial charge in [-0.25, -0.2) is 0 Å². The molecule has 2 rings (SSSR count). The van der Waals surface area contributed by atoms with Gasteiger partial charge in [0.25, 0.3) is 0 Å². The van der Waals surface area contributed by atoms with Crippen LogP contribution < -0.4 is 4.90 Å². The highest BCUT2D eigenvalue weighted by Crippen LogP contribution is 2.53. The third-order valence-corrected chi connectivity index (χ3v) is 5.57. The van der Waals surface area contributed by atoms with Gasteiger partial charge in [-0.05, 0) is 48.1 Å². The fourth-order valence-electron chi connectivity index (χ4n) is 2.25. The normalized spacial score (nSPS) is 22.9. The molecule has 0 bridgehead atoms. The van der Waals surface area contributed by atoms with Crippen LogP contribution in [-0.4, -0.2) is 9.42 Å². The molecular formula is C14H20INS. The molecule has 0 saturated carbocycles. The largest absolute Gasteiger partial charge is 0.348 e. The zero-order chi connectivity index (χ0) is 12.3. The van der Waals surface area contributed by atoms with Crippen LogP contribution in [0.4, 0.5) is 5.69 Å². The second kappa shape index (κ2) is 5.83. The number of rotatable bonds is 5. The molecule has 0 radical (unpaired) electrons. The van der Waals surface area contributed by atoms with Crippen LogP contribution in [0.1, 0.15) is 39.5 Å². The molecule has 94 valence electrons. The van der Waals surface area contributed by atoms with Crippen molar-refractivity contribution >= 4 is 40.0 Å². The Bertz CT molecular complexity index is 378. The van der Waals surface area contributed by atoms with Crippen molar-refractivity contribution in [3.63, 3.8) is 0 Å². The third-order valence-electron chi connectivity index (χ3n) is 3.17. The summed E-state index contributed by atoms with van der Waals surface area (Å²) in [5.41, 5.74) is 1.42. The van der Waals surface area contributed by atoms with Gasteiger partial charge >= 0.3 is 0 Å². The molecule has 1 aliphatic rings. The number of nitrogens with zero attached hydrogens (tertiary/aromatic N) is 1. The molecule has 0 fully saturated rings. The lowest BCUT2D eigenvalue weighted by Crippen LogP contribution is -2.35. The van der Waals surface area contributed by atoms with Gasteiger partial charge in [0.05, 0.1) is 5.69 Å². The number of fused-ring (bicyclic) bond motifs is 1. The zero-order valence-corrected chi connectivity index (χ0v) is 13.6. The van der Waals surface area contributed by atoms with Gasteiger partial charge in [0.2, 0.25) is 0 Å². The van der Waals surface area contributed by atoms with E-state index in [0.717, 1.165) is 0 Å². The first-order valence-electron chi connectivity index (χ1n) is 6.40. The first kappa shape index (κ1) is 13.5. The second-order valence-electron chi connectivity index (χ2n) is 4.65. The average molecular weight is 361 g/mol. The second-order valence-corrected chi connectivity index (χ2v) is 8.92. The smallest absolute Gasteiger partial charge is 0.140 e. The van der Waals surface area contributed by atoms with Crippen LogP contribution >= 0.6 is 34.4 Å². The predicted octanol–water partition coefficient (Wildman–Crippen LogP) is 5.29. The van der Waals surface area contributed by atoms with E-state index in [-0.39, 0.29) is 2.88 Å². The standard InChI is InChI=1S/C14H20INS/c1-3-4-5-8-11-16-12-9-6-7-10-13(12)17-14(16,2)15/h6-7,9-10H,3-5,8,11H2,1-2H3. The monoisotopic (exact) mass is 361 g/mol. The minimum Gasteiger partial charge on any atom is -0.348 e. The Hall–Kier alpha value is 0.1000. The molecule has 0 saturated heterocycles. The number of anilines is 1. The fourth-order valence-corrected chi connectivity index (χ4v) is 4.60. The van der Waals surface area contributed by atoms with Crippen molar-refractivity contribution in [2.75, 3.05) is 11.4 Å². The highest BCUT2D eigenvalue weighted by atomic mass is 127. The molecular weight excluding hydrogens is 341 g/mol. The quantitative estimate of drug-likeness (QED) is 0.304. The number of hydrogen-bond donors (Lipinski definition) is 0. The Kier molecular flexibility index (Phi) is 4.64. The van der Waals surface area contributed by atoms with Crippen LogP contribution in [0, 0.1) is 0 Å². The number of halogens is 1. The first-order chi connectivity index (χ1) is 8.15. The number of benzene rings is 1. The Balaban J connectivity index is 2.04. The van der Waals surface area contributed by atoms with Gasteiger partial charge in [-0.1, -0.05) is 50.1 Å². The molecule has 1 aromatic carbocycles. The van der Waals surface area contributed by atoms with Crippen LogP contribution in [-0.2, 0) is 0 Å². The number of alkyl halides is 1. The maximum atomic E-state index is 2.57. The van der Waals surface area contributed by atoms with Crippen molar-refractivity contribution in [2.45, 2.75) is 47.3 Å². The number of thioether (sulfide) groups is 1. The lowest BCUT2D eigenvalue weighted by atomic mass is 10.2. The Morgan fingerprint density at radius 2 is 2.00 bits per heavy atom. The van der Waals surface area contributed by atoms with Crippen LogP contribution in [0.3, 0.4) is 0 Å². The molecule has 0 aromatic heterocycles. The van der Waals surface area contributed by atoms with E-state index in [2.05, 4.69) is 65.6 Å². The molecule has 0 amide bonds. The van der Waals surface area contributed by atoms with E-state index in [4.69, 9.17) is 0 Å². The molecule has 1 aromatic rings. The van der Waals surface area contributed by atoms with Gasteiger partial charge in [0.1, 0.15) is 2.88 Å². The van der Waals surface area contributed by atoms with E-state index in [1.807, 2.05) is 11.8 Å². The maximum Gasteiger partial charge on any atom is 0.140 e. The molecule has 17 heavy (non-hydrogen) atoms. The molecule has 1 atom stereocenters. The zero-order valence-electron chi connectivity index (χ0n) is 10.6. The van der Waals surface area contributed by atoms with Gasteiger partial charge in [0, 0.05) is 11.4 Å². The molecule has 3 heteroatoms. The van der Waals surface area contributed by atoms with Crippen molar-refractivity contribution in [3.05, 3.63) is 24.3 Å². The topological polar surface area (TPSA) is 3.24 Å². The predicted molar refractivity (Wildman–Crippen MR) is 86.2 cm³/mol.